The molecule has 1 aliphatic heterocycles. The molecule has 3 rings (SSSR count). The molecule has 0 bridgehead atoms. The number of carbonyl (C=O) groups is 2. The summed E-state index contributed by atoms with van der Waals surface area (Å²) in [7, 11) is -2.81. The summed E-state index contributed by atoms with van der Waals surface area (Å²) in [6.07, 6.45) is 1.45. The molecule has 0 spiro atoms. The molecule has 1 fully saturated rings. The topological polar surface area (TPSA) is 92.8 Å². The van der Waals surface area contributed by atoms with Gasteiger partial charge in [0.05, 0.1) is 12.0 Å². The highest BCUT2D eigenvalue weighted by Crippen LogP contribution is 2.27. The van der Waals surface area contributed by atoms with Crippen molar-refractivity contribution in [3.05, 3.63) is 63.6 Å². The second-order valence-corrected chi connectivity index (χ2v) is 8.84. The third-order valence-electron chi connectivity index (χ3n) is 4.19. The van der Waals surface area contributed by atoms with E-state index in [0.717, 1.165) is 0 Å². The Balaban J connectivity index is 2.06. The lowest BCUT2D eigenvalue weighted by atomic mass is 10.1. The van der Waals surface area contributed by atoms with Gasteiger partial charge in [0.15, 0.2) is 0 Å². The van der Waals surface area contributed by atoms with Crippen LogP contribution in [0.5, 0.6) is 5.75 Å². The van der Waals surface area contributed by atoms with Gasteiger partial charge in [-0.3, -0.25) is 9.59 Å². The highest BCUT2D eigenvalue weighted by molar-refractivity contribution is 7.89. The van der Waals surface area contributed by atoms with E-state index in [1.54, 1.807) is 18.2 Å². The Morgan fingerprint density at radius 2 is 1.72 bits per heavy atom. The second kappa shape index (κ2) is 8.44. The lowest BCUT2D eigenvalue weighted by Crippen LogP contribution is -2.40. The van der Waals surface area contributed by atoms with Gasteiger partial charge in [-0.1, -0.05) is 23.2 Å². The Morgan fingerprint density at radius 3 is 2.38 bits per heavy atom. The monoisotopic (exact) mass is 454 g/mol. The first kappa shape index (κ1) is 21.2. The molecular weight excluding hydrogens is 439 g/mol. The zero-order valence-electron chi connectivity index (χ0n) is 15.2. The molecule has 1 saturated heterocycles. The van der Waals surface area contributed by atoms with Crippen molar-refractivity contribution in [2.75, 3.05) is 20.2 Å². The second-order valence-electron chi connectivity index (χ2n) is 6.10. The van der Waals surface area contributed by atoms with Crippen molar-refractivity contribution in [2.24, 2.45) is 0 Å². The van der Waals surface area contributed by atoms with Crippen molar-refractivity contribution in [1.82, 2.24) is 9.62 Å². The van der Waals surface area contributed by atoms with Crippen molar-refractivity contribution in [1.29, 1.82) is 0 Å². The van der Waals surface area contributed by atoms with Gasteiger partial charge in [0.25, 0.3) is 15.9 Å². The molecule has 1 N–H and O–H groups in total. The standard InChI is InChI=1S/C19H16Cl2N2O5S/c1-28-17-7-4-15(21)9-12(17)8-13-10-22-18(24)11-23(19(13)25)29(26,27)16-5-2-14(20)3-6-16/h2-9H,10-11H2,1H3,(H,22,24)/b13-8+. The summed E-state index contributed by atoms with van der Waals surface area (Å²) in [5.41, 5.74) is 0.539. The highest BCUT2D eigenvalue weighted by Gasteiger charge is 2.35. The van der Waals surface area contributed by atoms with Gasteiger partial charge < -0.3 is 10.1 Å². The zero-order chi connectivity index (χ0) is 21.2. The summed E-state index contributed by atoms with van der Waals surface area (Å²) < 4.78 is 31.8. The van der Waals surface area contributed by atoms with E-state index in [-0.39, 0.29) is 17.0 Å². The molecule has 0 atom stereocenters. The molecule has 2 aromatic rings. The number of rotatable bonds is 4. The molecule has 0 radical (unpaired) electrons. The van der Waals surface area contributed by atoms with Crippen LogP contribution in [0.15, 0.2) is 52.9 Å². The summed E-state index contributed by atoms with van der Waals surface area (Å²) in [6, 6.07) is 10.2. The first-order valence-corrected chi connectivity index (χ1v) is 10.6. The van der Waals surface area contributed by atoms with Crippen LogP contribution in [0.1, 0.15) is 5.56 Å². The molecule has 7 nitrogen and oxygen atoms in total. The van der Waals surface area contributed by atoms with E-state index in [0.29, 0.717) is 25.7 Å². The molecule has 29 heavy (non-hydrogen) atoms. The Hall–Kier alpha value is -2.55. The van der Waals surface area contributed by atoms with Gasteiger partial charge in [-0.15, -0.1) is 0 Å². The Kier molecular flexibility index (Phi) is 6.16. The van der Waals surface area contributed by atoms with Crippen molar-refractivity contribution < 1.29 is 22.7 Å². The molecule has 2 amide bonds. The number of nitrogens with zero attached hydrogens (tertiary/aromatic N) is 1. The predicted molar refractivity (Wildman–Crippen MR) is 109 cm³/mol. The van der Waals surface area contributed by atoms with E-state index < -0.39 is 28.4 Å². The third-order valence-corrected chi connectivity index (χ3v) is 6.42. The van der Waals surface area contributed by atoms with Gasteiger partial charge in [0.2, 0.25) is 5.91 Å². The SMILES string of the molecule is COc1ccc(Cl)cc1/C=C1\CNC(=O)CN(S(=O)(=O)c2ccc(Cl)cc2)C1=O. The molecule has 2 aromatic carbocycles. The van der Waals surface area contributed by atoms with Gasteiger partial charge in [-0.2, -0.15) is 0 Å². The normalized spacial score (nSPS) is 16.5. The van der Waals surface area contributed by atoms with Crippen LogP contribution in [0.25, 0.3) is 6.08 Å². The molecule has 0 aromatic heterocycles. The number of benzene rings is 2. The number of methoxy groups -OCH3 is 1. The molecule has 152 valence electrons. The maximum absolute atomic E-state index is 13.1. The number of amides is 2. The average molecular weight is 455 g/mol. The van der Waals surface area contributed by atoms with Crippen molar-refractivity contribution >= 4 is 51.1 Å². The van der Waals surface area contributed by atoms with Crippen LogP contribution < -0.4 is 10.1 Å². The number of halogens is 2. The molecule has 0 unspecified atom stereocenters. The van der Waals surface area contributed by atoms with Gasteiger partial charge in [-0.05, 0) is 48.5 Å². The van der Waals surface area contributed by atoms with Crippen molar-refractivity contribution in [2.45, 2.75) is 4.90 Å². The summed E-state index contributed by atoms with van der Waals surface area (Å²) in [5, 5.41) is 3.29. The fourth-order valence-corrected chi connectivity index (χ4v) is 4.40. The molecule has 0 saturated carbocycles. The molecule has 0 aliphatic carbocycles. The number of hydrogen-bond donors (Lipinski definition) is 1. The van der Waals surface area contributed by atoms with Gasteiger partial charge >= 0.3 is 0 Å². The van der Waals surface area contributed by atoms with Crippen LogP contribution in [0.3, 0.4) is 0 Å². The molecule has 10 heteroatoms. The van der Waals surface area contributed by atoms with Gasteiger partial charge in [0, 0.05) is 27.7 Å². The first-order chi connectivity index (χ1) is 13.7. The van der Waals surface area contributed by atoms with Crippen LogP contribution in [0.4, 0.5) is 0 Å². The van der Waals surface area contributed by atoms with Crippen LogP contribution in [0.2, 0.25) is 10.0 Å². The molecular formula is C19H16Cl2N2O5S. The third kappa shape index (κ3) is 4.55. The average Bonchev–Trinajstić information content (AvgIpc) is 2.82. The number of hydrogen-bond acceptors (Lipinski definition) is 5. The van der Waals surface area contributed by atoms with Crippen molar-refractivity contribution in [3.8, 4) is 5.75 Å². The summed E-state index contributed by atoms with van der Waals surface area (Å²) >= 11 is 11.8. The lowest BCUT2D eigenvalue weighted by Gasteiger charge is -2.20. The van der Waals surface area contributed by atoms with E-state index in [1.807, 2.05) is 0 Å². The van der Waals surface area contributed by atoms with E-state index in [4.69, 9.17) is 27.9 Å². The summed E-state index contributed by atoms with van der Waals surface area (Å²) in [4.78, 5) is 25.0. The predicted octanol–water partition coefficient (Wildman–Crippen LogP) is 2.73. The Labute approximate surface area is 177 Å². The van der Waals surface area contributed by atoms with E-state index >= 15 is 0 Å². The molecule has 1 aliphatic rings. The quantitative estimate of drug-likeness (QED) is 0.716. The van der Waals surface area contributed by atoms with Crippen LogP contribution in [-0.2, 0) is 19.6 Å². The fraction of sp³-hybridized carbons (Fsp3) is 0.158. The number of sulfonamides is 1. The smallest absolute Gasteiger partial charge is 0.267 e. The van der Waals surface area contributed by atoms with Gasteiger partial charge in [-0.25, -0.2) is 12.7 Å². The van der Waals surface area contributed by atoms with Crippen molar-refractivity contribution in [3.63, 3.8) is 0 Å². The van der Waals surface area contributed by atoms with Gasteiger partial charge in [0.1, 0.15) is 12.3 Å². The van der Waals surface area contributed by atoms with E-state index in [1.165, 1.54) is 37.5 Å². The summed E-state index contributed by atoms with van der Waals surface area (Å²) in [6.45, 7) is -0.770. The number of carbonyl (C=O) groups excluding carboxylic acids is 2. The fourth-order valence-electron chi connectivity index (χ4n) is 2.73. The lowest BCUT2D eigenvalue weighted by molar-refractivity contribution is -0.127. The van der Waals surface area contributed by atoms with Crippen LogP contribution in [0, 0.1) is 0 Å². The van der Waals surface area contributed by atoms with E-state index in [9.17, 15) is 18.0 Å². The zero-order valence-corrected chi connectivity index (χ0v) is 17.5. The number of ether oxygens (including phenoxy) is 1. The summed E-state index contributed by atoms with van der Waals surface area (Å²) in [5.74, 6) is -0.977. The van der Waals surface area contributed by atoms with E-state index in [2.05, 4.69) is 5.32 Å². The maximum atomic E-state index is 13.1. The van der Waals surface area contributed by atoms with Crippen LogP contribution in [-0.4, -0.2) is 44.7 Å². The molecule has 1 heterocycles. The minimum atomic E-state index is -4.27. The maximum Gasteiger partial charge on any atom is 0.267 e. The Morgan fingerprint density at radius 1 is 1.07 bits per heavy atom. The first-order valence-electron chi connectivity index (χ1n) is 8.36. The largest absolute Gasteiger partial charge is 0.496 e. The highest BCUT2D eigenvalue weighted by atomic mass is 35.5. The van der Waals surface area contributed by atoms with Crippen LogP contribution >= 0.6 is 23.2 Å². The Bertz CT molecular complexity index is 1100. The minimum absolute atomic E-state index is 0.0638. The minimum Gasteiger partial charge on any atom is -0.496 e. The number of nitrogens with one attached hydrogen (secondary N) is 1.